The Morgan fingerprint density at radius 1 is 1.62 bits per heavy atom. The van der Waals surface area contributed by atoms with Gasteiger partial charge < -0.3 is 9.64 Å². The first-order chi connectivity index (χ1) is 7.63. The Kier molecular flexibility index (Phi) is 3.40. The molecule has 1 aliphatic rings. The summed E-state index contributed by atoms with van der Waals surface area (Å²) in [5.41, 5.74) is 0.873. The van der Waals surface area contributed by atoms with Crippen molar-refractivity contribution in [3.8, 4) is 0 Å². The lowest BCUT2D eigenvalue weighted by molar-refractivity contribution is -0.143. The number of rotatable bonds is 2. The smallest absolute Gasteiger partial charge is 0.328 e. The van der Waals surface area contributed by atoms with Gasteiger partial charge in [-0.2, -0.15) is 0 Å². The molecule has 1 aliphatic heterocycles. The molecule has 1 atom stereocenters. The summed E-state index contributed by atoms with van der Waals surface area (Å²) in [4.78, 5) is 13.4. The molecular weight excluding hydrogens is 293 g/mol. The first kappa shape index (κ1) is 11.7. The average molecular weight is 305 g/mol. The molecular formula is C11H11BrClNO2. The number of esters is 1. The van der Waals surface area contributed by atoms with Crippen molar-refractivity contribution in [2.45, 2.75) is 12.5 Å². The minimum absolute atomic E-state index is 0.197. The molecule has 1 aromatic carbocycles. The Balaban J connectivity index is 2.24. The molecule has 1 heterocycles. The Labute approximate surface area is 107 Å². The van der Waals surface area contributed by atoms with E-state index in [9.17, 15) is 4.79 Å². The van der Waals surface area contributed by atoms with E-state index in [0.717, 1.165) is 23.1 Å². The number of anilines is 1. The zero-order valence-corrected chi connectivity index (χ0v) is 11.1. The Bertz CT molecular complexity index is 424. The number of carbonyl (C=O) groups excluding carboxylic acids is 1. The maximum atomic E-state index is 11.5. The van der Waals surface area contributed by atoms with E-state index in [1.165, 1.54) is 7.11 Å². The molecule has 0 saturated carbocycles. The second-order valence-corrected chi connectivity index (χ2v) is 4.94. The van der Waals surface area contributed by atoms with Crippen LogP contribution in [0.25, 0.3) is 0 Å². The lowest BCUT2D eigenvalue weighted by Gasteiger charge is -2.41. The van der Waals surface area contributed by atoms with Gasteiger partial charge in [-0.05, 0) is 24.6 Å². The SMILES string of the molecule is COC(=O)C1CCN1c1cc(Br)ccc1Cl. The molecule has 1 fully saturated rings. The largest absolute Gasteiger partial charge is 0.467 e. The van der Waals surface area contributed by atoms with Crippen LogP contribution in [0.3, 0.4) is 0 Å². The molecule has 0 aliphatic carbocycles. The minimum atomic E-state index is -0.206. The van der Waals surface area contributed by atoms with E-state index >= 15 is 0 Å². The number of carbonyl (C=O) groups is 1. The maximum absolute atomic E-state index is 11.5. The van der Waals surface area contributed by atoms with Crippen LogP contribution in [0.15, 0.2) is 22.7 Å². The van der Waals surface area contributed by atoms with Crippen LogP contribution < -0.4 is 4.90 Å². The molecule has 16 heavy (non-hydrogen) atoms. The van der Waals surface area contributed by atoms with Gasteiger partial charge in [-0.3, -0.25) is 0 Å². The number of ether oxygens (including phenoxy) is 1. The number of hydrogen-bond acceptors (Lipinski definition) is 3. The summed E-state index contributed by atoms with van der Waals surface area (Å²) in [7, 11) is 1.40. The van der Waals surface area contributed by atoms with Gasteiger partial charge in [0.1, 0.15) is 6.04 Å². The van der Waals surface area contributed by atoms with Gasteiger partial charge in [-0.1, -0.05) is 27.5 Å². The number of hydrogen-bond donors (Lipinski definition) is 0. The number of benzene rings is 1. The van der Waals surface area contributed by atoms with Crippen LogP contribution in [0.4, 0.5) is 5.69 Å². The highest BCUT2D eigenvalue weighted by molar-refractivity contribution is 9.10. The van der Waals surface area contributed by atoms with Crippen molar-refractivity contribution in [3.63, 3.8) is 0 Å². The van der Waals surface area contributed by atoms with Crippen molar-refractivity contribution in [1.82, 2.24) is 0 Å². The summed E-state index contributed by atoms with van der Waals surface area (Å²) in [6, 6.07) is 5.40. The van der Waals surface area contributed by atoms with Crippen molar-refractivity contribution in [1.29, 1.82) is 0 Å². The van der Waals surface area contributed by atoms with E-state index in [0.29, 0.717) is 5.02 Å². The Morgan fingerprint density at radius 2 is 2.38 bits per heavy atom. The summed E-state index contributed by atoms with van der Waals surface area (Å²) in [6.45, 7) is 0.829. The topological polar surface area (TPSA) is 29.5 Å². The average Bonchev–Trinajstić information content (AvgIpc) is 2.21. The molecule has 0 N–H and O–H groups in total. The Morgan fingerprint density at radius 3 is 2.94 bits per heavy atom. The van der Waals surface area contributed by atoms with Crippen LogP contribution in [-0.2, 0) is 9.53 Å². The van der Waals surface area contributed by atoms with Gasteiger partial charge in [-0.25, -0.2) is 4.79 Å². The van der Waals surface area contributed by atoms with Gasteiger partial charge >= 0.3 is 5.97 Å². The fraction of sp³-hybridized carbons (Fsp3) is 0.364. The normalized spacial score (nSPS) is 19.2. The van der Waals surface area contributed by atoms with Gasteiger partial charge in [0.2, 0.25) is 0 Å². The van der Waals surface area contributed by atoms with Gasteiger partial charge in [0.15, 0.2) is 0 Å². The van der Waals surface area contributed by atoms with Crippen molar-refractivity contribution >= 4 is 39.2 Å². The third kappa shape index (κ3) is 2.04. The summed E-state index contributed by atoms with van der Waals surface area (Å²) < 4.78 is 5.69. The highest BCUT2D eigenvalue weighted by Gasteiger charge is 2.36. The van der Waals surface area contributed by atoms with Crippen molar-refractivity contribution < 1.29 is 9.53 Å². The van der Waals surface area contributed by atoms with Crippen molar-refractivity contribution in [2.24, 2.45) is 0 Å². The highest BCUT2D eigenvalue weighted by Crippen LogP contribution is 2.35. The number of nitrogens with zero attached hydrogens (tertiary/aromatic N) is 1. The zero-order chi connectivity index (χ0) is 11.7. The number of halogens is 2. The van der Waals surface area contributed by atoms with E-state index in [1.807, 2.05) is 23.1 Å². The molecule has 0 amide bonds. The lowest BCUT2D eigenvalue weighted by Crippen LogP contribution is -2.53. The minimum Gasteiger partial charge on any atom is -0.467 e. The van der Waals surface area contributed by atoms with Crippen LogP contribution >= 0.6 is 27.5 Å². The first-order valence-electron chi connectivity index (χ1n) is 4.93. The zero-order valence-electron chi connectivity index (χ0n) is 8.74. The van der Waals surface area contributed by atoms with E-state index in [4.69, 9.17) is 16.3 Å². The maximum Gasteiger partial charge on any atom is 0.328 e. The van der Waals surface area contributed by atoms with Crippen LogP contribution in [0.1, 0.15) is 6.42 Å². The summed E-state index contributed by atoms with van der Waals surface area (Å²) in [5, 5.41) is 0.650. The third-order valence-electron chi connectivity index (χ3n) is 2.71. The molecule has 0 spiro atoms. The van der Waals surface area contributed by atoms with Gasteiger partial charge in [0.25, 0.3) is 0 Å². The highest BCUT2D eigenvalue weighted by atomic mass is 79.9. The van der Waals surface area contributed by atoms with Gasteiger partial charge in [0, 0.05) is 11.0 Å². The fourth-order valence-corrected chi connectivity index (χ4v) is 2.34. The molecule has 2 rings (SSSR count). The van der Waals surface area contributed by atoms with E-state index in [1.54, 1.807) is 0 Å². The molecule has 0 aromatic heterocycles. The lowest BCUT2D eigenvalue weighted by atomic mass is 10.0. The molecule has 86 valence electrons. The molecule has 1 unspecified atom stereocenters. The van der Waals surface area contributed by atoms with Crippen LogP contribution in [-0.4, -0.2) is 25.7 Å². The molecule has 5 heteroatoms. The van der Waals surface area contributed by atoms with E-state index < -0.39 is 0 Å². The van der Waals surface area contributed by atoms with Crippen molar-refractivity contribution in [3.05, 3.63) is 27.7 Å². The molecule has 0 bridgehead atoms. The van der Waals surface area contributed by atoms with E-state index in [2.05, 4.69) is 15.9 Å². The standard InChI is InChI=1S/C11H11BrClNO2/c1-16-11(15)9-4-5-14(9)10-6-7(12)2-3-8(10)13/h2-3,6,9H,4-5H2,1H3. The molecule has 1 saturated heterocycles. The molecule has 1 aromatic rings. The predicted molar refractivity (Wildman–Crippen MR) is 66.9 cm³/mol. The summed E-state index contributed by atoms with van der Waals surface area (Å²) >= 11 is 9.49. The summed E-state index contributed by atoms with van der Waals surface area (Å²) in [6.07, 6.45) is 0.815. The monoisotopic (exact) mass is 303 g/mol. The molecule has 0 radical (unpaired) electrons. The molecule has 3 nitrogen and oxygen atoms in total. The summed E-state index contributed by atoms with van der Waals surface area (Å²) in [5.74, 6) is -0.206. The quantitative estimate of drug-likeness (QED) is 0.787. The van der Waals surface area contributed by atoms with Crippen LogP contribution in [0.5, 0.6) is 0 Å². The fourth-order valence-electron chi connectivity index (χ4n) is 1.76. The van der Waals surface area contributed by atoms with Crippen LogP contribution in [0, 0.1) is 0 Å². The predicted octanol–water partition coefficient (Wildman–Crippen LogP) is 2.85. The van der Waals surface area contributed by atoms with E-state index in [-0.39, 0.29) is 12.0 Å². The second-order valence-electron chi connectivity index (χ2n) is 3.62. The van der Waals surface area contributed by atoms with Crippen LogP contribution in [0.2, 0.25) is 5.02 Å². The second kappa shape index (κ2) is 4.63. The van der Waals surface area contributed by atoms with Gasteiger partial charge in [-0.15, -0.1) is 0 Å². The third-order valence-corrected chi connectivity index (χ3v) is 3.52. The number of methoxy groups -OCH3 is 1. The van der Waals surface area contributed by atoms with Gasteiger partial charge in [0.05, 0.1) is 17.8 Å². The van der Waals surface area contributed by atoms with Crippen molar-refractivity contribution in [2.75, 3.05) is 18.6 Å². The Hall–Kier alpha value is -0.740. The first-order valence-corrected chi connectivity index (χ1v) is 6.10.